The molecule has 0 bridgehead atoms. The fourth-order valence-corrected chi connectivity index (χ4v) is 4.74. The van der Waals surface area contributed by atoms with Crippen LogP contribution < -0.4 is 14.8 Å². The summed E-state index contributed by atoms with van der Waals surface area (Å²) in [5, 5.41) is 13.4. The number of hydrogen-bond donors (Lipinski definition) is 3. The van der Waals surface area contributed by atoms with Gasteiger partial charge in [0, 0.05) is 37.9 Å². The highest BCUT2D eigenvalue weighted by molar-refractivity contribution is 6.20. The number of hydrogen-bond acceptors (Lipinski definition) is 11. The molecule has 0 unspecified atom stereocenters. The number of amidine groups is 1. The molecule has 1 amide bonds. The van der Waals surface area contributed by atoms with Gasteiger partial charge in [-0.25, -0.2) is 15.0 Å². The molecule has 3 aliphatic rings. The van der Waals surface area contributed by atoms with Gasteiger partial charge >= 0.3 is 0 Å². The van der Waals surface area contributed by atoms with E-state index in [1.54, 1.807) is 12.1 Å². The highest BCUT2D eigenvalue weighted by Crippen LogP contribution is 2.43. The van der Waals surface area contributed by atoms with Gasteiger partial charge in [0.05, 0.1) is 38.8 Å². The lowest BCUT2D eigenvalue weighted by Gasteiger charge is -2.29. The van der Waals surface area contributed by atoms with E-state index >= 15 is 0 Å². The third kappa shape index (κ3) is 4.66. The van der Waals surface area contributed by atoms with Gasteiger partial charge < -0.3 is 24.3 Å². The summed E-state index contributed by atoms with van der Waals surface area (Å²) in [7, 11) is 1.54. The Morgan fingerprint density at radius 2 is 2.13 bits per heavy atom. The Morgan fingerprint density at radius 1 is 1.26 bits per heavy atom. The van der Waals surface area contributed by atoms with E-state index in [1.807, 2.05) is 11.0 Å². The Hall–Kier alpha value is -4.07. The number of carbonyl (C=O) groups is 1. The Morgan fingerprint density at radius 3 is 2.97 bits per heavy atom. The van der Waals surface area contributed by atoms with E-state index in [2.05, 4.69) is 30.2 Å². The van der Waals surface area contributed by atoms with Crippen molar-refractivity contribution in [2.45, 2.75) is 6.10 Å². The van der Waals surface area contributed by atoms with Crippen LogP contribution in [0.2, 0.25) is 0 Å². The van der Waals surface area contributed by atoms with Crippen LogP contribution in [0.1, 0.15) is 15.9 Å². The van der Waals surface area contributed by atoms with Crippen LogP contribution in [0.15, 0.2) is 40.7 Å². The maximum Gasteiger partial charge on any atom is 0.259 e. The van der Waals surface area contributed by atoms with Crippen molar-refractivity contribution < 1.29 is 24.1 Å². The second kappa shape index (κ2) is 10.4. The summed E-state index contributed by atoms with van der Waals surface area (Å²) in [6, 6.07) is 5.33. The van der Waals surface area contributed by atoms with Gasteiger partial charge in [0.2, 0.25) is 5.96 Å². The molecule has 0 radical (unpaired) electrons. The number of ether oxygens (including phenoxy) is 3. The van der Waals surface area contributed by atoms with Crippen LogP contribution in [-0.4, -0.2) is 113 Å². The summed E-state index contributed by atoms with van der Waals surface area (Å²) in [4.78, 5) is 37.8. The molecule has 3 N–H and O–H groups in total. The first-order valence-electron chi connectivity index (χ1n) is 12.4. The highest BCUT2D eigenvalue weighted by Gasteiger charge is 2.33. The van der Waals surface area contributed by atoms with Crippen LogP contribution in [0.25, 0.3) is 11.2 Å². The number of carbonyl (C=O) groups excluding carboxylic acids is 1. The summed E-state index contributed by atoms with van der Waals surface area (Å²) < 4.78 is 17.0. The lowest BCUT2D eigenvalue weighted by Crippen LogP contribution is -2.47. The SMILES string of the molecule is COc1c(OC[C@@H](O)CN2CCOCC2)ccc2c1N=C(NC(=O)c1cnc3[nH]cnc3c1)N1CCN=C21. The van der Waals surface area contributed by atoms with Crippen molar-refractivity contribution in [3.05, 3.63) is 41.9 Å². The summed E-state index contributed by atoms with van der Waals surface area (Å²) in [5.41, 5.74) is 2.83. The first-order chi connectivity index (χ1) is 18.6. The average molecular weight is 521 g/mol. The maximum atomic E-state index is 13.1. The second-order valence-electron chi connectivity index (χ2n) is 9.11. The third-order valence-electron chi connectivity index (χ3n) is 6.62. The van der Waals surface area contributed by atoms with Gasteiger partial charge in [0.1, 0.15) is 29.8 Å². The van der Waals surface area contributed by atoms with Crippen LogP contribution in [0.5, 0.6) is 11.5 Å². The number of β-amino-alcohol motifs (C(OH)–C–C–N with tert-alkyl or cyclic N) is 1. The number of aliphatic imine (C=N–C) groups is 2. The highest BCUT2D eigenvalue weighted by atomic mass is 16.5. The number of aliphatic hydroxyl groups is 1. The minimum Gasteiger partial charge on any atom is -0.491 e. The minimum absolute atomic E-state index is 0.0928. The number of amides is 1. The number of nitrogens with one attached hydrogen (secondary N) is 2. The predicted octanol–water partition coefficient (Wildman–Crippen LogP) is 0.532. The molecule has 3 aliphatic heterocycles. The van der Waals surface area contributed by atoms with Gasteiger partial charge in [-0.15, -0.1) is 0 Å². The Kier molecular flexibility index (Phi) is 6.62. The van der Waals surface area contributed by atoms with Crippen molar-refractivity contribution >= 4 is 34.6 Å². The number of imidazole rings is 1. The summed E-state index contributed by atoms with van der Waals surface area (Å²) >= 11 is 0. The normalized spacial score (nSPS) is 17.9. The van der Waals surface area contributed by atoms with Crippen molar-refractivity contribution in [1.29, 1.82) is 0 Å². The standard InChI is InChI=1S/C25H28N8O5/c1-36-21-19(38-13-16(34)12-32-6-8-37-9-7-32)3-2-17-20(21)30-25(33-5-4-26-23(17)33)31-24(35)15-10-18-22(27-11-15)29-14-28-18/h2-3,10-11,14,16,34H,4-9,12-13H2,1H3,(H,27,28,29)(H,30,31,35)/t16-/m0/s1. The Balaban J connectivity index is 1.24. The molecular weight excluding hydrogens is 492 g/mol. The number of methoxy groups -OCH3 is 1. The largest absolute Gasteiger partial charge is 0.491 e. The number of aliphatic hydroxyl groups excluding tert-OH is 1. The van der Waals surface area contributed by atoms with Crippen molar-refractivity contribution in [2.24, 2.45) is 9.98 Å². The molecular formula is C25H28N8O5. The van der Waals surface area contributed by atoms with E-state index < -0.39 is 6.10 Å². The van der Waals surface area contributed by atoms with E-state index in [1.165, 1.54) is 19.6 Å². The monoisotopic (exact) mass is 520 g/mol. The number of guanidine groups is 1. The van der Waals surface area contributed by atoms with Crippen LogP contribution in [0, 0.1) is 0 Å². The quantitative estimate of drug-likeness (QED) is 0.405. The van der Waals surface area contributed by atoms with Crippen LogP contribution in [0.3, 0.4) is 0 Å². The van der Waals surface area contributed by atoms with Crippen LogP contribution in [0.4, 0.5) is 5.69 Å². The summed E-state index contributed by atoms with van der Waals surface area (Å²) in [5.74, 6) is 1.52. The van der Waals surface area contributed by atoms with Gasteiger partial charge in [0.25, 0.3) is 5.91 Å². The van der Waals surface area contributed by atoms with Gasteiger partial charge in [-0.2, -0.15) is 0 Å². The molecule has 0 spiro atoms. The molecule has 1 atom stereocenters. The van der Waals surface area contributed by atoms with E-state index in [0.29, 0.717) is 78.6 Å². The molecule has 38 heavy (non-hydrogen) atoms. The fourth-order valence-electron chi connectivity index (χ4n) is 4.74. The number of benzene rings is 1. The van der Waals surface area contributed by atoms with Crippen molar-refractivity contribution in [1.82, 2.24) is 30.1 Å². The number of aromatic amines is 1. The van der Waals surface area contributed by atoms with Gasteiger partial charge in [-0.1, -0.05) is 0 Å². The predicted molar refractivity (Wildman–Crippen MR) is 138 cm³/mol. The first-order valence-corrected chi connectivity index (χ1v) is 12.4. The van der Waals surface area contributed by atoms with Crippen LogP contribution >= 0.6 is 0 Å². The van der Waals surface area contributed by atoms with Crippen molar-refractivity contribution in [2.75, 3.05) is 59.7 Å². The Bertz CT molecular complexity index is 1410. The molecule has 198 valence electrons. The number of nitrogens with zero attached hydrogens (tertiary/aromatic N) is 6. The zero-order chi connectivity index (χ0) is 26.1. The van der Waals surface area contributed by atoms with Gasteiger partial charge in [-0.05, 0) is 18.2 Å². The minimum atomic E-state index is -0.678. The lowest BCUT2D eigenvalue weighted by atomic mass is 10.1. The fraction of sp³-hybridized carbons (Fsp3) is 0.400. The summed E-state index contributed by atoms with van der Waals surface area (Å²) in [6.45, 7) is 4.64. The van der Waals surface area contributed by atoms with Crippen molar-refractivity contribution in [3.63, 3.8) is 0 Å². The molecule has 0 aliphatic carbocycles. The number of pyridine rings is 1. The van der Waals surface area contributed by atoms with Crippen LogP contribution in [-0.2, 0) is 4.74 Å². The van der Waals surface area contributed by atoms with Crippen molar-refractivity contribution in [3.8, 4) is 11.5 Å². The smallest absolute Gasteiger partial charge is 0.259 e. The molecule has 1 fully saturated rings. The summed E-state index contributed by atoms with van der Waals surface area (Å²) in [6.07, 6.45) is 2.34. The first kappa shape index (κ1) is 24.3. The average Bonchev–Trinajstić information content (AvgIpc) is 3.62. The number of H-pyrrole nitrogens is 1. The van der Waals surface area contributed by atoms with E-state index in [-0.39, 0.29) is 12.5 Å². The molecule has 13 heteroatoms. The zero-order valence-electron chi connectivity index (χ0n) is 20.9. The van der Waals surface area contributed by atoms with E-state index in [0.717, 1.165) is 18.7 Å². The molecule has 2 aromatic heterocycles. The lowest BCUT2D eigenvalue weighted by molar-refractivity contribution is 0.00446. The molecule has 3 aromatic rings. The molecule has 0 saturated carbocycles. The van der Waals surface area contributed by atoms with Gasteiger partial charge in [-0.3, -0.25) is 24.9 Å². The van der Waals surface area contributed by atoms with Gasteiger partial charge in [0.15, 0.2) is 17.1 Å². The number of fused-ring (bicyclic) bond motifs is 4. The Labute approximate surface area is 218 Å². The zero-order valence-corrected chi connectivity index (χ0v) is 20.9. The molecule has 1 saturated heterocycles. The maximum absolute atomic E-state index is 13.1. The topological polar surface area (TPSA) is 150 Å². The van der Waals surface area contributed by atoms with E-state index in [4.69, 9.17) is 19.2 Å². The molecule has 5 heterocycles. The second-order valence-corrected chi connectivity index (χ2v) is 9.11. The molecule has 1 aromatic carbocycles. The molecule has 13 nitrogen and oxygen atoms in total. The number of morpholine rings is 1. The van der Waals surface area contributed by atoms with E-state index in [9.17, 15) is 9.90 Å². The third-order valence-corrected chi connectivity index (χ3v) is 6.62. The number of aromatic nitrogens is 3. The molecule has 6 rings (SSSR count). The number of rotatable bonds is 7.